The number of ether oxygens (including phenoxy) is 3. The van der Waals surface area contributed by atoms with Crippen LogP contribution in [0.25, 0.3) is 0 Å². The van der Waals surface area contributed by atoms with Crippen molar-refractivity contribution in [2.24, 2.45) is 0 Å². The SMILES string of the molecule is CC/C=C\C/C=C\C/C=C\C/C=C\CCCCCCCCCCCCCCCCC(=O)OCC(COC(=O)CCCCCCCCCCCCCCCCC)OC(=O)CCCCCCCCCCC/C=C\CCCCCCCC. The fraction of sp³-hybridized carbons (Fsp3) is 0.822. The molecule has 0 aliphatic heterocycles. The van der Waals surface area contributed by atoms with Gasteiger partial charge in [-0.25, -0.2) is 0 Å². The van der Waals surface area contributed by atoms with Crippen molar-refractivity contribution < 1.29 is 28.6 Å². The summed E-state index contributed by atoms with van der Waals surface area (Å²) in [5, 5.41) is 0. The Hall–Kier alpha value is -2.89. The van der Waals surface area contributed by atoms with Crippen molar-refractivity contribution in [3.63, 3.8) is 0 Å². The molecule has 79 heavy (non-hydrogen) atoms. The number of carbonyl (C=O) groups is 3. The Kier molecular flexibility index (Phi) is 65.1. The van der Waals surface area contributed by atoms with Gasteiger partial charge in [0, 0.05) is 19.3 Å². The zero-order valence-electron chi connectivity index (χ0n) is 52.9. The number of unbranched alkanes of at least 4 members (excludes halogenated alkanes) is 43. The lowest BCUT2D eigenvalue weighted by atomic mass is 10.0. The highest BCUT2D eigenvalue weighted by molar-refractivity contribution is 5.71. The molecule has 0 heterocycles. The van der Waals surface area contributed by atoms with Gasteiger partial charge in [-0.1, -0.05) is 326 Å². The summed E-state index contributed by atoms with van der Waals surface area (Å²) in [5.74, 6) is -0.847. The minimum absolute atomic E-state index is 0.0696. The van der Waals surface area contributed by atoms with Gasteiger partial charge in [-0.2, -0.15) is 0 Å². The largest absolute Gasteiger partial charge is 0.462 e. The molecule has 0 aromatic carbocycles. The van der Waals surface area contributed by atoms with Crippen LogP contribution >= 0.6 is 0 Å². The summed E-state index contributed by atoms with van der Waals surface area (Å²) in [5.41, 5.74) is 0. The molecule has 0 N–H and O–H groups in total. The van der Waals surface area contributed by atoms with E-state index in [1.807, 2.05) is 0 Å². The predicted molar refractivity (Wildman–Crippen MR) is 344 cm³/mol. The molecule has 0 fully saturated rings. The van der Waals surface area contributed by atoms with E-state index in [1.54, 1.807) is 0 Å². The molecule has 0 aromatic heterocycles. The third-order valence-corrected chi connectivity index (χ3v) is 15.5. The van der Waals surface area contributed by atoms with Crippen LogP contribution in [-0.4, -0.2) is 37.2 Å². The Morgan fingerprint density at radius 3 is 0.785 bits per heavy atom. The lowest BCUT2D eigenvalue weighted by Gasteiger charge is -2.18. The van der Waals surface area contributed by atoms with Crippen molar-refractivity contribution in [2.75, 3.05) is 13.2 Å². The summed E-state index contributed by atoms with van der Waals surface area (Å²) in [6.45, 7) is 6.59. The van der Waals surface area contributed by atoms with E-state index in [2.05, 4.69) is 81.5 Å². The first-order valence-corrected chi connectivity index (χ1v) is 34.8. The number of hydrogen-bond donors (Lipinski definition) is 0. The quantitative estimate of drug-likeness (QED) is 0.0261. The van der Waals surface area contributed by atoms with Crippen molar-refractivity contribution in [3.05, 3.63) is 60.8 Å². The second-order valence-electron chi connectivity index (χ2n) is 23.4. The lowest BCUT2D eigenvalue weighted by Crippen LogP contribution is -2.30. The summed E-state index contributed by atoms with van der Waals surface area (Å²) in [6, 6.07) is 0. The molecule has 0 saturated heterocycles. The predicted octanol–water partition coefficient (Wildman–Crippen LogP) is 23.9. The summed E-state index contributed by atoms with van der Waals surface area (Å²) < 4.78 is 17.0. The number of rotatable bonds is 64. The van der Waals surface area contributed by atoms with Gasteiger partial charge in [0.1, 0.15) is 13.2 Å². The van der Waals surface area contributed by atoms with Crippen LogP contribution < -0.4 is 0 Å². The van der Waals surface area contributed by atoms with Crippen LogP contribution in [0.1, 0.15) is 367 Å². The maximum Gasteiger partial charge on any atom is 0.306 e. The molecule has 1 atom stereocenters. The van der Waals surface area contributed by atoms with Gasteiger partial charge < -0.3 is 14.2 Å². The monoisotopic (exact) mass is 1110 g/mol. The summed E-state index contributed by atoms with van der Waals surface area (Å²) >= 11 is 0. The molecule has 0 aromatic rings. The minimum Gasteiger partial charge on any atom is -0.462 e. The van der Waals surface area contributed by atoms with E-state index < -0.39 is 6.10 Å². The van der Waals surface area contributed by atoms with E-state index in [9.17, 15) is 14.4 Å². The fourth-order valence-electron chi connectivity index (χ4n) is 10.3. The molecule has 6 heteroatoms. The number of hydrogen-bond acceptors (Lipinski definition) is 6. The Labute approximate surface area is 491 Å². The third kappa shape index (κ3) is 65.8. The molecule has 0 amide bonds. The van der Waals surface area contributed by atoms with Crippen LogP contribution in [0.15, 0.2) is 60.8 Å². The van der Waals surface area contributed by atoms with Crippen LogP contribution in [0.2, 0.25) is 0 Å². The van der Waals surface area contributed by atoms with Gasteiger partial charge >= 0.3 is 17.9 Å². The Morgan fingerprint density at radius 2 is 0.494 bits per heavy atom. The Balaban J connectivity index is 4.27. The van der Waals surface area contributed by atoms with Gasteiger partial charge in [-0.15, -0.1) is 0 Å². The Morgan fingerprint density at radius 1 is 0.266 bits per heavy atom. The van der Waals surface area contributed by atoms with Crippen LogP contribution in [0, 0.1) is 0 Å². The molecule has 0 rings (SSSR count). The van der Waals surface area contributed by atoms with Crippen molar-refractivity contribution >= 4 is 17.9 Å². The van der Waals surface area contributed by atoms with Gasteiger partial charge in [0.2, 0.25) is 0 Å². The highest BCUT2D eigenvalue weighted by atomic mass is 16.6. The smallest absolute Gasteiger partial charge is 0.306 e. The molecular weight excluding hydrogens is 973 g/mol. The van der Waals surface area contributed by atoms with E-state index >= 15 is 0 Å². The summed E-state index contributed by atoms with van der Waals surface area (Å²) in [6.07, 6.45) is 86.7. The molecule has 0 spiro atoms. The lowest BCUT2D eigenvalue weighted by molar-refractivity contribution is -0.167. The molecule has 6 nitrogen and oxygen atoms in total. The molecule has 0 saturated carbocycles. The standard InChI is InChI=1S/C73H132O6/c1-4-7-10-13-16-19-22-25-28-30-32-33-34-35-36-37-38-39-41-42-45-48-51-54-57-60-63-66-72(75)78-69-70(68-77-71(74)65-62-59-56-53-50-47-44-27-24-21-18-15-12-9-6-3)79-73(76)67-64-61-58-55-52-49-46-43-40-31-29-26-23-20-17-14-11-8-5-2/h7,10,16,19,25-26,28-29,32-33,70H,4-6,8-9,11-15,17-18,20-24,27,30-31,34-69H2,1-3H3/b10-7-,19-16-,28-25-,29-26-,33-32-. The molecular formula is C73H132O6. The average Bonchev–Trinajstić information content (AvgIpc) is 3.45. The normalized spacial score (nSPS) is 12.4. The van der Waals surface area contributed by atoms with E-state index in [-0.39, 0.29) is 31.1 Å². The van der Waals surface area contributed by atoms with Crippen LogP contribution in [0.3, 0.4) is 0 Å². The molecule has 0 aliphatic carbocycles. The number of allylic oxidation sites excluding steroid dienone is 10. The van der Waals surface area contributed by atoms with E-state index in [4.69, 9.17) is 14.2 Å². The van der Waals surface area contributed by atoms with Gasteiger partial charge in [0.15, 0.2) is 6.10 Å². The Bertz CT molecular complexity index is 1410. The third-order valence-electron chi connectivity index (χ3n) is 15.5. The first kappa shape index (κ1) is 76.1. The highest BCUT2D eigenvalue weighted by Gasteiger charge is 2.19. The van der Waals surface area contributed by atoms with Crippen molar-refractivity contribution in [1.82, 2.24) is 0 Å². The van der Waals surface area contributed by atoms with Gasteiger partial charge in [-0.05, 0) is 83.5 Å². The molecule has 0 aliphatic rings. The van der Waals surface area contributed by atoms with Crippen LogP contribution in [-0.2, 0) is 28.6 Å². The second-order valence-corrected chi connectivity index (χ2v) is 23.4. The van der Waals surface area contributed by atoms with E-state index in [1.165, 1.54) is 244 Å². The molecule has 460 valence electrons. The average molecular weight is 1110 g/mol. The minimum atomic E-state index is -0.774. The number of esters is 3. The first-order valence-electron chi connectivity index (χ1n) is 34.8. The summed E-state index contributed by atoms with van der Waals surface area (Å²) in [7, 11) is 0. The fourth-order valence-corrected chi connectivity index (χ4v) is 10.3. The second kappa shape index (κ2) is 67.6. The van der Waals surface area contributed by atoms with E-state index in [0.29, 0.717) is 19.3 Å². The van der Waals surface area contributed by atoms with Crippen molar-refractivity contribution in [2.45, 2.75) is 374 Å². The van der Waals surface area contributed by atoms with Crippen LogP contribution in [0.4, 0.5) is 0 Å². The van der Waals surface area contributed by atoms with Crippen molar-refractivity contribution in [3.8, 4) is 0 Å². The number of carbonyl (C=O) groups excluding carboxylic acids is 3. The van der Waals surface area contributed by atoms with Gasteiger partial charge in [0.05, 0.1) is 0 Å². The van der Waals surface area contributed by atoms with Crippen molar-refractivity contribution in [1.29, 1.82) is 0 Å². The maximum absolute atomic E-state index is 12.9. The van der Waals surface area contributed by atoms with Gasteiger partial charge in [-0.3, -0.25) is 14.4 Å². The zero-order chi connectivity index (χ0) is 57.1. The maximum atomic E-state index is 12.9. The highest BCUT2D eigenvalue weighted by Crippen LogP contribution is 2.18. The van der Waals surface area contributed by atoms with E-state index in [0.717, 1.165) is 83.5 Å². The summed E-state index contributed by atoms with van der Waals surface area (Å²) in [4.78, 5) is 38.4. The van der Waals surface area contributed by atoms with Crippen LogP contribution in [0.5, 0.6) is 0 Å². The molecule has 0 radical (unpaired) electrons. The van der Waals surface area contributed by atoms with Gasteiger partial charge in [0.25, 0.3) is 0 Å². The topological polar surface area (TPSA) is 78.9 Å². The molecule has 0 bridgehead atoms. The molecule has 1 unspecified atom stereocenters. The first-order chi connectivity index (χ1) is 39.0. The zero-order valence-corrected chi connectivity index (χ0v) is 52.9.